The lowest BCUT2D eigenvalue weighted by Gasteiger charge is -2.18. The molecule has 90 valence electrons. The number of rotatable bonds is 3. The highest BCUT2D eigenvalue weighted by Crippen LogP contribution is 2.32. The largest absolute Gasteiger partial charge is 0.489 e. The molecule has 0 aliphatic heterocycles. The lowest BCUT2D eigenvalue weighted by Crippen LogP contribution is -2.31. The van der Waals surface area contributed by atoms with Crippen LogP contribution >= 0.6 is 0 Å². The molecule has 0 amide bonds. The van der Waals surface area contributed by atoms with Gasteiger partial charge in [-0.3, -0.25) is 0 Å². The second kappa shape index (κ2) is 4.42. The average molecular weight is 237 g/mol. The second-order valence-corrected chi connectivity index (χ2v) is 2.90. The van der Waals surface area contributed by atoms with Gasteiger partial charge >= 0.3 is 6.18 Å². The maximum Gasteiger partial charge on any atom is 0.425 e. The van der Waals surface area contributed by atoms with Crippen molar-refractivity contribution >= 4 is 5.82 Å². The van der Waals surface area contributed by atoms with Crippen LogP contribution in [0.5, 0.6) is 11.6 Å². The van der Waals surface area contributed by atoms with Crippen LogP contribution in [0.15, 0.2) is 6.33 Å². The summed E-state index contributed by atoms with van der Waals surface area (Å²) in [6.45, 7) is 0.859. The Balaban J connectivity index is 2.93. The number of hydrogen-bond donors (Lipinski definition) is 1. The molecule has 0 aliphatic rings. The van der Waals surface area contributed by atoms with E-state index in [9.17, 15) is 13.2 Å². The van der Waals surface area contributed by atoms with Gasteiger partial charge in [0.15, 0.2) is 11.9 Å². The van der Waals surface area contributed by atoms with Gasteiger partial charge in [-0.1, -0.05) is 0 Å². The van der Waals surface area contributed by atoms with Gasteiger partial charge in [-0.2, -0.15) is 18.2 Å². The Hall–Kier alpha value is -1.73. The SMILES string of the molecule is COc1c(N)ncnc1OC(C)C(F)(F)F. The van der Waals surface area contributed by atoms with Crippen molar-refractivity contribution in [2.45, 2.75) is 19.2 Å². The minimum atomic E-state index is -4.48. The standard InChI is InChI=1S/C8H10F3N3O2/c1-4(8(9,10)11)16-7-5(15-2)6(12)13-3-14-7/h3-4H,1-2H3,(H2,12,13,14). The number of ether oxygens (including phenoxy) is 2. The van der Waals surface area contributed by atoms with E-state index in [2.05, 4.69) is 14.7 Å². The summed E-state index contributed by atoms with van der Waals surface area (Å²) in [6.07, 6.45) is -5.49. The van der Waals surface area contributed by atoms with E-state index in [4.69, 9.17) is 10.5 Å². The first-order valence-corrected chi connectivity index (χ1v) is 4.24. The maximum atomic E-state index is 12.2. The molecule has 0 aromatic carbocycles. The summed E-state index contributed by atoms with van der Waals surface area (Å²) in [7, 11) is 1.24. The second-order valence-electron chi connectivity index (χ2n) is 2.90. The van der Waals surface area contributed by atoms with Gasteiger partial charge in [-0.15, -0.1) is 0 Å². The molecule has 0 saturated heterocycles. The summed E-state index contributed by atoms with van der Waals surface area (Å²) in [5.74, 6) is -0.528. The van der Waals surface area contributed by atoms with Gasteiger partial charge in [-0.25, -0.2) is 4.98 Å². The predicted molar refractivity (Wildman–Crippen MR) is 49.1 cm³/mol. The number of alkyl halides is 3. The summed E-state index contributed by atoms with van der Waals surface area (Å²) >= 11 is 0. The summed E-state index contributed by atoms with van der Waals surface area (Å²) in [5, 5.41) is 0. The van der Waals surface area contributed by atoms with E-state index >= 15 is 0 Å². The topological polar surface area (TPSA) is 70.3 Å². The van der Waals surface area contributed by atoms with E-state index in [1.54, 1.807) is 0 Å². The van der Waals surface area contributed by atoms with Gasteiger partial charge in [0, 0.05) is 0 Å². The fourth-order valence-electron chi connectivity index (χ4n) is 0.880. The quantitative estimate of drug-likeness (QED) is 0.860. The third kappa shape index (κ3) is 2.65. The molecule has 1 rings (SSSR count). The number of aromatic nitrogens is 2. The number of hydrogen-bond acceptors (Lipinski definition) is 5. The molecule has 0 saturated carbocycles. The van der Waals surface area contributed by atoms with E-state index in [-0.39, 0.29) is 17.4 Å². The zero-order chi connectivity index (χ0) is 12.3. The number of nitrogen functional groups attached to an aromatic ring is 1. The Morgan fingerprint density at radius 3 is 2.50 bits per heavy atom. The van der Waals surface area contributed by atoms with Crippen LogP contribution in [0.1, 0.15) is 6.92 Å². The molecule has 1 atom stereocenters. The summed E-state index contributed by atoms with van der Waals surface area (Å²) in [4.78, 5) is 7.09. The molecule has 5 nitrogen and oxygen atoms in total. The minimum absolute atomic E-state index is 0.0816. The van der Waals surface area contributed by atoms with Crippen LogP contribution in [-0.4, -0.2) is 29.4 Å². The van der Waals surface area contributed by atoms with Crippen LogP contribution in [0.2, 0.25) is 0 Å². The fourth-order valence-corrected chi connectivity index (χ4v) is 0.880. The van der Waals surface area contributed by atoms with E-state index in [0.29, 0.717) is 0 Å². The molecule has 0 aliphatic carbocycles. The zero-order valence-electron chi connectivity index (χ0n) is 8.58. The molecular formula is C8H10F3N3O2. The van der Waals surface area contributed by atoms with E-state index in [1.165, 1.54) is 7.11 Å². The van der Waals surface area contributed by atoms with Crippen LogP contribution in [0.3, 0.4) is 0 Å². The maximum absolute atomic E-state index is 12.2. The van der Waals surface area contributed by atoms with Crippen molar-refractivity contribution in [3.63, 3.8) is 0 Å². The normalized spacial score (nSPS) is 13.3. The molecule has 0 fully saturated rings. The minimum Gasteiger partial charge on any atom is -0.489 e. The Bertz CT molecular complexity index is 370. The van der Waals surface area contributed by atoms with Crippen LogP contribution in [0.4, 0.5) is 19.0 Å². The Labute approximate surface area is 89.4 Å². The highest BCUT2D eigenvalue weighted by Gasteiger charge is 2.39. The Morgan fingerprint density at radius 2 is 2.00 bits per heavy atom. The average Bonchev–Trinajstić information content (AvgIpc) is 2.16. The van der Waals surface area contributed by atoms with Crippen molar-refractivity contribution in [2.75, 3.05) is 12.8 Å². The van der Waals surface area contributed by atoms with Crippen molar-refractivity contribution in [3.8, 4) is 11.6 Å². The summed E-state index contributed by atoms with van der Waals surface area (Å²) in [6, 6.07) is 0. The van der Waals surface area contributed by atoms with Gasteiger partial charge in [0.05, 0.1) is 7.11 Å². The molecule has 8 heteroatoms. The monoisotopic (exact) mass is 237 g/mol. The molecule has 2 N–H and O–H groups in total. The molecule has 1 heterocycles. The molecule has 0 bridgehead atoms. The first kappa shape index (κ1) is 12.3. The highest BCUT2D eigenvalue weighted by atomic mass is 19.4. The predicted octanol–water partition coefficient (Wildman–Crippen LogP) is 1.40. The van der Waals surface area contributed by atoms with Crippen molar-refractivity contribution < 1.29 is 22.6 Å². The number of halogens is 3. The number of nitrogens with two attached hydrogens (primary N) is 1. The first-order valence-electron chi connectivity index (χ1n) is 4.24. The lowest BCUT2D eigenvalue weighted by molar-refractivity contribution is -0.190. The molecular weight excluding hydrogens is 227 g/mol. The third-order valence-electron chi connectivity index (χ3n) is 1.75. The van der Waals surface area contributed by atoms with Gasteiger partial charge in [0.2, 0.25) is 5.75 Å². The van der Waals surface area contributed by atoms with E-state index in [0.717, 1.165) is 13.3 Å². The lowest BCUT2D eigenvalue weighted by atomic mass is 10.4. The summed E-state index contributed by atoms with van der Waals surface area (Å²) in [5.41, 5.74) is 5.38. The smallest absolute Gasteiger partial charge is 0.425 e. The van der Waals surface area contributed by atoms with E-state index < -0.39 is 12.3 Å². The molecule has 16 heavy (non-hydrogen) atoms. The first-order chi connectivity index (χ1) is 7.36. The Morgan fingerprint density at radius 1 is 1.38 bits per heavy atom. The number of methoxy groups -OCH3 is 1. The van der Waals surface area contributed by atoms with Crippen molar-refractivity contribution in [2.24, 2.45) is 0 Å². The van der Waals surface area contributed by atoms with Gasteiger partial charge < -0.3 is 15.2 Å². The number of nitrogens with zero attached hydrogens (tertiary/aromatic N) is 2. The van der Waals surface area contributed by atoms with Crippen LogP contribution in [-0.2, 0) is 0 Å². The van der Waals surface area contributed by atoms with Crippen LogP contribution < -0.4 is 15.2 Å². The number of anilines is 1. The molecule has 1 unspecified atom stereocenters. The Kier molecular flexibility index (Phi) is 3.41. The summed E-state index contributed by atoms with van der Waals surface area (Å²) < 4.78 is 46.0. The van der Waals surface area contributed by atoms with Crippen LogP contribution in [0.25, 0.3) is 0 Å². The third-order valence-corrected chi connectivity index (χ3v) is 1.75. The zero-order valence-corrected chi connectivity index (χ0v) is 8.58. The highest BCUT2D eigenvalue weighted by molar-refractivity contribution is 5.51. The van der Waals surface area contributed by atoms with Crippen molar-refractivity contribution in [1.82, 2.24) is 9.97 Å². The molecule has 1 aromatic rings. The van der Waals surface area contributed by atoms with Crippen molar-refractivity contribution in [3.05, 3.63) is 6.33 Å². The van der Waals surface area contributed by atoms with Crippen molar-refractivity contribution in [1.29, 1.82) is 0 Å². The van der Waals surface area contributed by atoms with E-state index in [1.807, 2.05) is 0 Å². The van der Waals surface area contributed by atoms with Gasteiger partial charge in [0.25, 0.3) is 5.88 Å². The van der Waals surface area contributed by atoms with Gasteiger partial charge in [0.1, 0.15) is 6.33 Å². The fraction of sp³-hybridized carbons (Fsp3) is 0.500. The molecule has 0 radical (unpaired) electrons. The van der Waals surface area contributed by atoms with Crippen LogP contribution in [0, 0.1) is 0 Å². The molecule has 0 spiro atoms. The van der Waals surface area contributed by atoms with Gasteiger partial charge in [-0.05, 0) is 6.92 Å². The molecule has 1 aromatic heterocycles.